The molecule has 1 aromatic carbocycles. The first kappa shape index (κ1) is 14.4. The number of aromatic nitrogens is 1. The molecule has 112 valence electrons. The number of fused-ring (bicyclic) bond motifs is 3. The molecule has 0 saturated carbocycles. The third kappa shape index (κ3) is 2.14. The van der Waals surface area contributed by atoms with Crippen LogP contribution in [0.15, 0.2) is 18.2 Å². The Hall–Kier alpha value is -1.52. The molecule has 0 saturated heterocycles. The van der Waals surface area contributed by atoms with Gasteiger partial charge in [0.15, 0.2) is 0 Å². The summed E-state index contributed by atoms with van der Waals surface area (Å²) in [7, 11) is 0. The van der Waals surface area contributed by atoms with E-state index in [-0.39, 0.29) is 12.3 Å². The quantitative estimate of drug-likeness (QED) is 0.908. The molecule has 5 heteroatoms. The average molecular weight is 308 g/mol. The monoisotopic (exact) mass is 307 g/mol. The molecule has 1 aromatic heterocycles. The number of aliphatic carboxylic acids is 1. The number of rotatable bonds is 3. The molecule has 2 heterocycles. The highest BCUT2D eigenvalue weighted by Crippen LogP contribution is 2.44. The van der Waals surface area contributed by atoms with Crippen LogP contribution in [0.5, 0.6) is 0 Å². The molecular weight excluding hydrogens is 290 g/mol. The SMILES string of the molecule is CC(C)C1(CC(=O)O)OCCc2c1[nH]c1c(Cl)cccc21. The Labute approximate surface area is 128 Å². The zero-order valence-corrected chi connectivity index (χ0v) is 12.8. The van der Waals surface area contributed by atoms with Gasteiger partial charge in [0.2, 0.25) is 0 Å². The first-order valence-corrected chi connectivity index (χ1v) is 7.49. The predicted molar refractivity (Wildman–Crippen MR) is 81.7 cm³/mol. The molecule has 1 aliphatic heterocycles. The van der Waals surface area contributed by atoms with Crippen LogP contribution in [0.25, 0.3) is 10.9 Å². The fourth-order valence-electron chi connectivity index (χ4n) is 3.29. The van der Waals surface area contributed by atoms with Crippen molar-refractivity contribution >= 4 is 28.5 Å². The molecule has 4 nitrogen and oxygen atoms in total. The number of benzene rings is 1. The van der Waals surface area contributed by atoms with Crippen LogP contribution < -0.4 is 0 Å². The lowest BCUT2D eigenvalue weighted by molar-refractivity contribution is -0.154. The average Bonchev–Trinajstić information content (AvgIpc) is 2.80. The highest BCUT2D eigenvalue weighted by molar-refractivity contribution is 6.35. The van der Waals surface area contributed by atoms with Gasteiger partial charge in [-0.15, -0.1) is 0 Å². The number of H-pyrrole nitrogens is 1. The van der Waals surface area contributed by atoms with Crippen molar-refractivity contribution in [3.63, 3.8) is 0 Å². The highest BCUT2D eigenvalue weighted by Gasteiger charge is 2.44. The standard InChI is InChI=1S/C16H18ClNO3/c1-9(2)16(8-13(19)20)15-11(6-7-21-16)10-4-3-5-12(17)14(10)18-15/h3-5,9,18H,6-8H2,1-2H3,(H,19,20). The molecule has 0 aliphatic carbocycles. The molecular formula is C16H18ClNO3. The first-order chi connectivity index (χ1) is 9.95. The third-order valence-corrected chi connectivity index (χ3v) is 4.69. The van der Waals surface area contributed by atoms with Crippen molar-refractivity contribution in [2.24, 2.45) is 5.92 Å². The summed E-state index contributed by atoms with van der Waals surface area (Å²) in [6.45, 7) is 4.51. The van der Waals surface area contributed by atoms with Crippen LogP contribution in [0.2, 0.25) is 5.02 Å². The van der Waals surface area contributed by atoms with E-state index in [1.807, 2.05) is 32.0 Å². The van der Waals surface area contributed by atoms with Gasteiger partial charge in [-0.05, 0) is 24.0 Å². The molecule has 3 rings (SSSR count). The van der Waals surface area contributed by atoms with Gasteiger partial charge in [-0.3, -0.25) is 4.79 Å². The van der Waals surface area contributed by atoms with Crippen LogP contribution >= 0.6 is 11.6 Å². The molecule has 1 atom stereocenters. The Morgan fingerprint density at radius 1 is 1.52 bits per heavy atom. The number of para-hydroxylation sites is 1. The Morgan fingerprint density at radius 2 is 2.29 bits per heavy atom. The topological polar surface area (TPSA) is 62.3 Å². The number of hydrogen-bond acceptors (Lipinski definition) is 2. The van der Waals surface area contributed by atoms with Crippen molar-refractivity contribution in [1.29, 1.82) is 0 Å². The van der Waals surface area contributed by atoms with Gasteiger partial charge in [-0.2, -0.15) is 0 Å². The van der Waals surface area contributed by atoms with Gasteiger partial charge in [-0.1, -0.05) is 37.6 Å². The minimum Gasteiger partial charge on any atom is -0.481 e. The third-order valence-electron chi connectivity index (χ3n) is 4.37. The molecule has 0 spiro atoms. The number of carboxylic acid groups (broad SMARTS) is 1. The number of carboxylic acids is 1. The molecule has 1 unspecified atom stereocenters. The van der Waals surface area contributed by atoms with Crippen molar-refractivity contribution in [2.45, 2.75) is 32.3 Å². The van der Waals surface area contributed by atoms with E-state index in [4.69, 9.17) is 16.3 Å². The second-order valence-electron chi connectivity index (χ2n) is 5.85. The van der Waals surface area contributed by atoms with Crippen molar-refractivity contribution in [1.82, 2.24) is 4.98 Å². The first-order valence-electron chi connectivity index (χ1n) is 7.11. The lowest BCUT2D eigenvalue weighted by atomic mass is 9.80. The smallest absolute Gasteiger partial charge is 0.306 e. The van der Waals surface area contributed by atoms with Gasteiger partial charge < -0.3 is 14.8 Å². The molecule has 2 aromatic rings. The highest BCUT2D eigenvalue weighted by atomic mass is 35.5. The van der Waals surface area contributed by atoms with Gasteiger partial charge in [0, 0.05) is 5.39 Å². The van der Waals surface area contributed by atoms with Crippen molar-refractivity contribution < 1.29 is 14.6 Å². The lowest BCUT2D eigenvalue weighted by Crippen LogP contribution is -2.42. The van der Waals surface area contributed by atoms with Gasteiger partial charge in [0.1, 0.15) is 5.60 Å². The van der Waals surface area contributed by atoms with Crippen molar-refractivity contribution in [3.05, 3.63) is 34.5 Å². The van der Waals surface area contributed by atoms with Crippen LogP contribution in [-0.2, 0) is 21.6 Å². The van der Waals surface area contributed by atoms with E-state index >= 15 is 0 Å². The molecule has 1 aliphatic rings. The summed E-state index contributed by atoms with van der Waals surface area (Å²) in [4.78, 5) is 14.7. The number of halogens is 1. The predicted octanol–water partition coefficient (Wildman–Crippen LogP) is 3.72. The largest absolute Gasteiger partial charge is 0.481 e. The van der Waals surface area contributed by atoms with Gasteiger partial charge in [-0.25, -0.2) is 0 Å². The molecule has 21 heavy (non-hydrogen) atoms. The van der Waals surface area contributed by atoms with E-state index in [9.17, 15) is 9.90 Å². The molecule has 0 radical (unpaired) electrons. The summed E-state index contributed by atoms with van der Waals surface area (Å²) in [5, 5.41) is 11.0. The Balaban J connectivity index is 2.27. The maximum absolute atomic E-state index is 11.3. The van der Waals surface area contributed by atoms with Crippen LogP contribution in [0.4, 0.5) is 0 Å². The number of hydrogen-bond donors (Lipinski definition) is 2. The number of carbonyl (C=O) groups is 1. The minimum absolute atomic E-state index is 0.0412. The minimum atomic E-state index is -0.860. The molecule has 0 amide bonds. The Kier molecular flexibility index (Phi) is 3.46. The second-order valence-corrected chi connectivity index (χ2v) is 6.26. The summed E-state index contributed by atoms with van der Waals surface area (Å²) < 4.78 is 5.98. The molecule has 0 fully saturated rings. The van der Waals surface area contributed by atoms with Crippen LogP contribution in [-0.4, -0.2) is 22.7 Å². The normalized spacial score (nSPS) is 21.7. The summed E-state index contributed by atoms with van der Waals surface area (Å²) in [5.74, 6) is -0.819. The Morgan fingerprint density at radius 3 is 2.95 bits per heavy atom. The van der Waals surface area contributed by atoms with E-state index in [1.54, 1.807) is 0 Å². The van der Waals surface area contributed by atoms with E-state index in [2.05, 4.69) is 4.98 Å². The number of nitrogens with one attached hydrogen (secondary N) is 1. The van der Waals surface area contributed by atoms with Crippen molar-refractivity contribution in [3.8, 4) is 0 Å². The van der Waals surface area contributed by atoms with Gasteiger partial charge in [0.25, 0.3) is 0 Å². The summed E-state index contributed by atoms with van der Waals surface area (Å²) in [6.07, 6.45) is 0.714. The van der Waals surface area contributed by atoms with Gasteiger partial charge in [0.05, 0.1) is 29.3 Å². The van der Waals surface area contributed by atoms with E-state index in [0.29, 0.717) is 11.6 Å². The fraction of sp³-hybridized carbons (Fsp3) is 0.438. The van der Waals surface area contributed by atoms with Crippen molar-refractivity contribution in [2.75, 3.05) is 6.61 Å². The van der Waals surface area contributed by atoms with Gasteiger partial charge >= 0.3 is 5.97 Å². The molecule has 0 bridgehead atoms. The van der Waals surface area contributed by atoms with E-state index in [1.165, 1.54) is 0 Å². The summed E-state index contributed by atoms with van der Waals surface area (Å²) in [5.41, 5.74) is 2.05. The summed E-state index contributed by atoms with van der Waals surface area (Å²) >= 11 is 6.27. The second kappa shape index (κ2) is 5.04. The summed E-state index contributed by atoms with van der Waals surface area (Å²) in [6, 6.07) is 5.77. The zero-order valence-electron chi connectivity index (χ0n) is 12.1. The maximum atomic E-state index is 11.3. The Bertz CT molecular complexity index is 707. The zero-order chi connectivity index (χ0) is 15.2. The fourth-order valence-corrected chi connectivity index (χ4v) is 3.51. The maximum Gasteiger partial charge on any atom is 0.306 e. The van der Waals surface area contributed by atoms with E-state index in [0.717, 1.165) is 28.6 Å². The van der Waals surface area contributed by atoms with E-state index < -0.39 is 11.6 Å². The lowest BCUT2D eigenvalue weighted by Gasteiger charge is -2.39. The number of aromatic amines is 1. The molecule has 2 N–H and O–H groups in total. The number of ether oxygens (including phenoxy) is 1. The van der Waals surface area contributed by atoms with Crippen LogP contribution in [0, 0.1) is 5.92 Å². The van der Waals surface area contributed by atoms with Crippen LogP contribution in [0.1, 0.15) is 31.5 Å². The van der Waals surface area contributed by atoms with Crippen LogP contribution in [0.3, 0.4) is 0 Å².